The van der Waals surface area contributed by atoms with E-state index in [1.807, 2.05) is 0 Å². The third-order valence-corrected chi connectivity index (χ3v) is 3.56. The maximum absolute atomic E-state index is 5.42. The zero-order valence-corrected chi connectivity index (χ0v) is 11.6. The van der Waals surface area contributed by atoms with Crippen LogP contribution in [0.2, 0.25) is 0 Å². The number of hydrogen-bond acceptors (Lipinski definition) is 3. The Labute approximate surface area is 110 Å². The van der Waals surface area contributed by atoms with Crippen LogP contribution in [-0.2, 0) is 0 Å². The molecule has 100 valence electrons. The highest BCUT2D eigenvalue weighted by molar-refractivity contribution is 5.58. The molecule has 18 heavy (non-hydrogen) atoms. The van der Waals surface area contributed by atoms with Crippen LogP contribution in [0.1, 0.15) is 31.7 Å². The average molecular weight is 248 g/mol. The van der Waals surface area contributed by atoms with Gasteiger partial charge in [0, 0.05) is 12.1 Å². The van der Waals surface area contributed by atoms with Crippen LogP contribution in [0.5, 0.6) is 5.75 Å². The van der Waals surface area contributed by atoms with Crippen molar-refractivity contribution in [1.29, 1.82) is 0 Å². The summed E-state index contributed by atoms with van der Waals surface area (Å²) in [6, 6.07) is 7.42. The lowest BCUT2D eigenvalue weighted by Crippen LogP contribution is -2.29. The minimum Gasteiger partial charge on any atom is -0.495 e. The summed E-state index contributed by atoms with van der Waals surface area (Å²) in [4.78, 5) is 0. The second kappa shape index (κ2) is 6.10. The molecule has 2 atom stereocenters. The molecule has 0 amide bonds. The fourth-order valence-corrected chi connectivity index (χ4v) is 2.63. The predicted molar refractivity (Wildman–Crippen MR) is 76.5 cm³/mol. The zero-order valence-electron chi connectivity index (χ0n) is 11.6. The van der Waals surface area contributed by atoms with Gasteiger partial charge in [-0.25, -0.2) is 0 Å². The molecular formula is C15H24N2O. The fourth-order valence-electron chi connectivity index (χ4n) is 2.63. The highest BCUT2D eigenvalue weighted by Crippen LogP contribution is 2.26. The predicted octanol–water partition coefficient (Wildman–Crippen LogP) is 2.95. The molecule has 1 aromatic carbocycles. The Morgan fingerprint density at radius 1 is 1.50 bits per heavy atom. The normalized spacial score (nSPS) is 20.7. The number of rotatable bonds is 5. The highest BCUT2D eigenvalue weighted by atomic mass is 16.5. The molecule has 3 heteroatoms. The van der Waals surface area contributed by atoms with E-state index in [0.717, 1.165) is 17.9 Å². The molecule has 1 saturated heterocycles. The van der Waals surface area contributed by atoms with Crippen molar-refractivity contribution < 1.29 is 4.74 Å². The number of anilines is 1. The summed E-state index contributed by atoms with van der Waals surface area (Å²) in [7, 11) is 1.73. The Bertz CT molecular complexity index is 386. The number of ether oxygens (including phenoxy) is 1. The third-order valence-electron chi connectivity index (χ3n) is 3.56. The van der Waals surface area contributed by atoms with Crippen LogP contribution in [0.25, 0.3) is 0 Å². The van der Waals surface area contributed by atoms with Crippen LogP contribution in [0, 0.1) is 6.92 Å². The van der Waals surface area contributed by atoms with Crippen molar-refractivity contribution in [3.05, 3.63) is 23.8 Å². The molecule has 1 fully saturated rings. The lowest BCUT2D eigenvalue weighted by Gasteiger charge is -2.21. The molecule has 0 saturated carbocycles. The largest absolute Gasteiger partial charge is 0.495 e. The maximum Gasteiger partial charge on any atom is 0.142 e. The SMILES string of the molecule is COc1cc(C)ccc1NC(C)CC1CCCN1. The van der Waals surface area contributed by atoms with Crippen molar-refractivity contribution in [3.8, 4) is 5.75 Å². The summed E-state index contributed by atoms with van der Waals surface area (Å²) in [5.74, 6) is 0.932. The molecule has 0 bridgehead atoms. The van der Waals surface area contributed by atoms with E-state index in [0.29, 0.717) is 12.1 Å². The van der Waals surface area contributed by atoms with Gasteiger partial charge in [-0.3, -0.25) is 0 Å². The van der Waals surface area contributed by atoms with Crippen molar-refractivity contribution in [2.45, 2.75) is 45.2 Å². The lowest BCUT2D eigenvalue weighted by molar-refractivity contribution is 0.415. The standard InChI is InChI=1S/C15H24N2O/c1-11-6-7-14(15(9-11)18-3)17-12(2)10-13-5-4-8-16-13/h6-7,9,12-13,16-17H,4-5,8,10H2,1-3H3. The molecule has 1 aliphatic heterocycles. The molecule has 1 heterocycles. The maximum atomic E-state index is 5.42. The van der Waals surface area contributed by atoms with Crippen LogP contribution in [0.15, 0.2) is 18.2 Å². The van der Waals surface area contributed by atoms with Crippen molar-refractivity contribution in [2.75, 3.05) is 19.0 Å². The summed E-state index contributed by atoms with van der Waals surface area (Å²) >= 11 is 0. The topological polar surface area (TPSA) is 33.3 Å². The quantitative estimate of drug-likeness (QED) is 0.840. The van der Waals surface area contributed by atoms with Gasteiger partial charge in [0.1, 0.15) is 5.75 Å². The van der Waals surface area contributed by atoms with Gasteiger partial charge in [0.05, 0.1) is 12.8 Å². The summed E-state index contributed by atoms with van der Waals surface area (Å²) in [6.07, 6.45) is 3.78. The van der Waals surface area contributed by atoms with E-state index in [1.165, 1.54) is 24.9 Å². The van der Waals surface area contributed by atoms with Crippen LogP contribution >= 0.6 is 0 Å². The van der Waals surface area contributed by atoms with Gasteiger partial charge >= 0.3 is 0 Å². The van der Waals surface area contributed by atoms with E-state index < -0.39 is 0 Å². The van der Waals surface area contributed by atoms with Gasteiger partial charge in [0.15, 0.2) is 0 Å². The number of methoxy groups -OCH3 is 1. The van der Waals surface area contributed by atoms with E-state index in [4.69, 9.17) is 4.74 Å². The van der Waals surface area contributed by atoms with Crippen molar-refractivity contribution >= 4 is 5.69 Å². The first-order chi connectivity index (χ1) is 8.69. The summed E-state index contributed by atoms with van der Waals surface area (Å²) in [5, 5.41) is 7.09. The number of hydrogen-bond donors (Lipinski definition) is 2. The molecular weight excluding hydrogens is 224 g/mol. The Hall–Kier alpha value is -1.22. The van der Waals surface area contributed by atoms with Crippen molar-refractivity contribution in [1.82, 2.24) is 5.32 Å². The summed E-state index contributed by atoms with van der Waals surface area (Å²) in [6.45, 7) is 5.49. The van der Waals surface area contributed by atoms with E-state index in [1.54, 1.807) is 7.11 Å². The Balaban J connectivity index is 1.95. The average Bonchev–Trinajstić information content (AvgIpc) is 2.84. The zero-order chi connectivity index (χ0) is 13.0. The van der Waals surface area contributed by atoms with E-state index in [2.05, 4.69) is 42.7 Å². The smallest absolute Gasteiger partial charge is 0.142 e. The second-order valence-corrected chi connectivity index (χ2v) is 5.28. The Morgan fingerprint density at radius 2 is 2.33 bits per heavy atom. The first-order valence-electron chi connectivity index (χ1n) is 6.83. The monoisotopic (exact) mass is 248 g/mol. The molecule has 2 N–H and O–H groups in total. The second-order valence-electron chi connectivity index (χ2n) is 5.28. The first kappa shape index (κ1) is 13.2. The van der Waals surface area contributed by atoms with Gasteiger partial charge in [0.25, 0.3) is 0 Å². The molecule has 0 aliphatic carbocycles. The minimum atomic E-state index is 0.456. The fraction of sp³-hybridized carbons (Fsp3) is 0.600. The Morgan fingerprint density at radius 3 is 3.00 bits per heavy atom. The number of benzene rings is 1. The molecule has 0 aromatic heterocycles. The van der Waals surface area contributed by atoms with Crippen LogP contribution in [0.3, 0.4) is 0 Å². The highest BCUT2D eigenvalue weighted by Gasteiger charge is 2.17. The van der Waals surface area contributed by atoms with Gasteiger partial charge in [-0.1, -0.05) is 6.07 Å². The molecule has 3 nitrogen and oxygen atoms in total. The lowest BCUT2D eigenvalue weighted by atomic mass is 10.1. The molecule has 1 aliphatic rings. The molecule has 2 unspecified atom stereocenters. The Kier molecular flexibility index (Phi) is 4.48. The van der Waals surface area contributed by atoms with Crippen LogP contribution in [-0.4, -0.2) is 25.7 Å². The first-order valence-corrected chi connectivity index (χ1v) is 6.83. The van der Waals surface area contributed by atoms with Gasteiger partial charge in [-0.05, 0) is 57.4 Å². The van der Waals surface area contributed by atoms with Crippen LogP contribution in [0.4, 0.5) is 5.69 Å². The summed E-state index contributed by atoms with van der Waals surface area (Å²) in [5.41, 5.74) is 2.32. The van der Waals surface area contributed by atoms with E-state index in [9.17, 15) is 0 Å². The number of nitrogens with one attached hydrogen (secondary N) is 2. The van der Waals surface area contributed by atoms with Gasteiger partial charge in [-0.2, -0.15) is 0 Å². The van der Waals surface area contributed by atoms with Gasteiger partial charge in [0.2, 0.25) is 0 Å². The van der Waals surface area contributed by atoms with Gasteiger partial charge in [-0.15, -0.1) is 0 Å². The van der Waals surface area contributed by atoms with E-state index in [-0.39, 0.29) is 0 Å². The van der Waals surface area contributed by atoms with E-state index >= 15 is 0 Å². The number of aryl methyl sites for hydroxylation is 1. The molecule has 1 aromatic rings. The van der Waals surface area contributed by atoms with Gasteiger partial charge < -0.3 is 15.4 Å². The van der Waals surface area contributed by atoms with Crippen LogP contribution < -0.4 is 15.4 Å². The molecule has 0 radical (unpaired) electrons. The van der Waals surface area contributed by atoms with Crippen molar-refractivity contribution in [3.63, 3.8) is 0 Å². The third kappa shape index (κ3) is 3.39. The molecule has 2 rings (SSSR count). The van der Waals surface area contributed by atoms with Crippen molar-refractivity contribution in [2.24, 2.45) is 0 Å². The minimum absolute atomic E-state index is 0.456. The molecule has 0 spiro atoms. The summed E-state index contributed by atoms with van der Waals surface area (Å²) < 4.78 is 5.42.